The van der Waals surface area contributed by atoms with Crippen LogP contribution in [0.25, 0.3) is 0 Å². The van der Waals surface area contributed by atoms with Crippen molar-refractivity contribution in [2.75, 3.05) is 0 Å². The first-order chi connectivity index (χ1) is 10.3. The van der Waals surface area contributed by atoms with Crippen molar-refractivity contribution < 1.29 is 19.2 Å². The van der Waals surface area contributed by atoms with Gasteiger partial charge in [0, 0.05) is 0 Å². The highest BCUT2D eigenvalue weighted by atomic mass is 16.7. The Balaban J connectivity index is 2.19. The van der Waals surface area contributed by atoms with Gasteiger partial charge in [-0.3, -0.25) is 9.63 Å². The Hall–Kier alpha value is -1.72. The van der Waals surface area contributed by atoms with Crippen LogP contribution in [0.5, 0.6) is 0 Å². The average Bonchev–Trinajstić information content (AvgIpc) is 2.73. The third-order valence-corrected chi connectivity index (χ3v) is 3.51. The summed E-state index contributed by atoms with van der Waals surface area (Å²) in [5.41, 5.74) is 0.407. The van der Waals surface area contributed by atoms with Gasteiger partial charge in [-0.25, -0.2) is 0 Å². The summed E-state index contributed by atoms with van der Waals surface area (Å²) < 4.78 is 5.45. The van der Waals surface area contributed by atoms with E-state index in [2.05, 4.69) is 0 Å². The van der Waals surface area contributed by atoms with Gasteiger partial charge in [0.1, 0.15) is 17.9 Å². The summed E-state index contributed by atoms with van der Waals surface area (Å²) in [7, 11) is 0. The van der Waals surface area contributed by atoms with Crippen LogP contribution < -0.4 is 0 Å². The molecule has 0 aromatic heterocycles. The van der Waals surface area contributed by atoms with Crippen LogP contribution in [0.2, 0.25) is 0 Å². The standard InChI is InChI=1S/C17H23NO4/c1-12-14(11-19)15(16(20)21-17(2,3)4)18(22-12)10-13-8-6-5-7-9-13/h5-9,11-12,14-15H,10H2,1-4H3/t12-,14-,15+/m1/s1. The lowest BCUT2D eigenvalue weighted by molar-refractivity contribution is -0.190. The molecule has 1 aliphatic heterocycles. The highest BCUT2D eigenvalue weighted by Gasteiger charge is 2.47. The Morgan fingerprint density at radius 2 is 1.95 bits per heavy atom. The molecule has 120 valence electrons. The third-order valence-electron chi connectivity index (χ3n) is 3.51. The van der Waals surface area contributed by atoms with Crippen LogP contribution >= 0.6 is 0 Å². The van der Waals surface area contributed by atoms with Gasteiger partial charge in [0.25, 0.3) is 0 Å². The zero-order valence-corrected chi connectivity index (χ0v) is 13.5. The molecule has 22 heavy (non-hydrogen) atoms. The van der Waals surface area contributed by atoms with Crippen molar-refractivity contribution in [3.63, 3.8) is 0 Å². The largest absolute Gasteiger partial charge is 0.459 e. The van der Waals surface area contributed by atoms with Crippen molar-refractivity contribution in [1.29, 1.82) is 0 Å². The van der Waals surface area contributed by atoms with Gasteiger partial charge in [-0.05, 0) is 33.3 Å². The van der Waals surface area contributed by atoms with Gasteiger partial charge >= 0.3 is 5.97 Å². The average molecular weight is 305 g/mol. The van der Waals surface area contributed by atoms with E-state index in [1.165, 1.54) is 0 Å². The van der Waals surface area contributed by atoms with Crippen molar-refractivity contribution in [2.24, 2.45) is 5.92 Å². The van der Waals surface area contributed by atoms with Crippen LogP contribution in [-0.4, -0.2) is 35.1 Å². The van der Waals surface area contributed by atoms with Gasteiger partial charge in [0.2, 0.25) is 0 Å². The number of benzene rings is 1. The minimum absolute atomic E-state index is 0.348. The number of hydrogen-bond donors (Lipinski definition) is 0. The Labute approximate surface area is 131 Å². The molecule has 1 aromatic rings. The molecule has 0 unspecified atom stereocenters. The number of carbonyl (C=O) groups is 2. The van der Waals surface area contributed by atoms with E-state index < -0.39 is 23.5 Å². The number of nitrogens with zero attached hydrogens (tertiary/aromatic N) is 1. The second kappa shape index (κ2) is 6.58. The summed E-state index contributed by atoms with van der Waals surface area (Å²) in [6.45, 7) is 7.64. The van der Waals surface area contributed by atoms with E-state index in [1.807, 2.05) is 51.1 Å². The lowest BCUT2D eigenvalue weighted by Gasteiger charge is -2.27. The van der Waals surface area contributed by atoms with E-state index >= 15 is 0 Å². The fraction of sp³-hybridized carbons (Fsp3) is 0.529. The maximum Gasteiger partial charge on any atom is 0.327 e. The SMILES string of the molecule is C[C@H]1ON(Cc2ccccc2)[C@H](C(=O)OC(C)(C)C)[C@@H]1C=O. The Morgan fingerprint density at radius 1 is 1.32 bits per heavy atom. The molecular weight excluding hydrogens is 282 g/mol. The molecule has 1 fully saturated rings. The summed E-state index contributed by atoms with van der Waals surface area (Å²) in [6.07, 6.45) is 0.434. The number of rotatable bonds is 4. The van der Waals surface area contributed by atoms with Crippen molar-refractivity contribution in [3.05, 3.63) is 35.9 Å². The smallest absolute Gasteiger partial charge is 0.327 e. The first kappa shape index (κ1) is 16.6. The second-order valence-corrected chi connectivity index (χ2v) is 6.56. The first-order valence-corrected chi connectivity index (χ1v) is 7.47. The zero-order chi connectivity index (χ0) is 16.3. The molecule has 0 radical (unpaired) electrons. The van der Waals surface area contributed by atoms with Gasteiger partial charge in [0.15, 0.2) is 0 Å². The fourth-order valence-electron chi connectivity index (χ4n) is 2.52. The van der Waals surface area contributed by atoms with E-state index in [-0.39, 0.29) is 6.10 Å². The highest BCUT2D eigenvalue weighted by Crippen LogP contribution is 2.29. The van der Waals surface area contributed by atoms with Crippen LogP contribution in [0.15, 0.2) is 30.3 Å². The lowest BCUT2D eigenvalue weighted by Crippen LogP contribution is -2.43. The molecule has 5 nitrogen and oxygen atoms in total. The maximum absolute atomic E-state index is 12.5. The third kappa shape index (κ3) is 3.93. The first-order valence-electron chi connectivity index (χ1n) is 7.47. The predicted molar refractivity (Wildman–Crippen MR) is 81.7 cm³/mol. The van der Waals surface area contributed by atoms with Gasteiger partial charge in [-0.15, -0.1) is 0 Å². The van der Waals surface area contributed by atoms with E-state index in [0.29, 0.717) is 6.54 Å². The Morgan fingerprint density at radius 3 is 2.50 bits per heavy atom. The van der Waals surface area contributed by atoms with E-state index in [4.69, 9.17) is 9.57 Å². The molecule has 0 saturated carbocycles. The van der Waals surface area contributed by atoms with Crippen LogP contribution in [0.4, 0.5) is 0 Å². The molecule has 1 aliphatic rings. The molecule has 3 atom stereocenters. The molecular formula is C17H23NO4. The number of carbonyl (C=O) groups excluding carboxylic acids is 2. The minimum atomic E-state index is -0.716. The molecule has 2 rings (SSSR count). The molecule has 1 heterocycles. The number of aldehydes is 1. The van der Waals surface area contributed by atoms with Crippen molar-refractivity contribution in [1.82, 2.24) is 5.06 Å². The number of esters is 1. The molecule has 5 heteroatoms. The lowest BCUT2D eigenvalue weighted by atomic mass is 9.97. The van der Waals surface area contributed by atoms with Crippen LogP contribution in [-0.2, 0) is 25.7 Å². The van der Waals surface area contributed by atoms with Crippen molar-refractivity contribution in [2.45, 2.75) is 52.0 Å². The number of ether oxygens (including phenoxy) is 1. The topological polar surface area (TPSA) is 55.8 Å². The monoisotopic (exact) mass is 305 g/mol. The normalized spacial score (nSPS) is 25.9. The summed E-state index contributed by atoms with van der Waals surface area (Å²) in [4.78, 5) is 29.6. The van der Waals surface area contributed by atoms with Gasteiger partial charge in [0.05, 0.1) is 18.6 Å². The van der Waals surface area contributed by atoms with Gasteiger partial charge in [-0.1, -0.05) is 30.3 Å². The summed E-state index contributed by atoms with van der Waals surface area (Å²) in [5, 5.41) is 1.56. The molecule has 0 spiro atoms. The molecule has 0 aliphatic carbocycles. The molecule has 0 bridgehead atoms. The Kier molecular flexibility index (Phi) is 4.98. The predicted octanol–water partition coefficient (Wildman–Crippen LogP) is 2.35. The summed E-state index contributed by atoms with van der Waals surface area (Å²) in [5.74, 6) is -0.955. The minimum Gasteiger partial charge on any atom is -0.459 e. The van der Waals surface area contributed by atoms with Crippen LogP contribution in [0.1, 0.15) is 33.3 Å². The highest BCUT2D eigenvalue weighted by molar-refractivity contribution is 5.81. The van der Waals surface area contributed by atoms with E-state index in [9.17, 15) is 9.59 Å². The van der Waals surface area contributed by atoms with Crippen LogP contribution in [0, 0.1) is 5.92 Å². The zero-order valence-electron chi connectivity index (χ0n) is 13.5. The van der Waals surface area contributed by atoms with Crippen molar-refractivity contribution >= 4 is 12.3 Å². The summed E-state index contributed by atoms with van der Waals surface area (Å²) >= 11 is 0. The van der Waals surface area contributed by atoms with E-state index in [1.54, 1.807) is 12.0 Å². The molecule has 0 amide bonds. The quantitative estimate of drug-likeness (QED) is 0.631. The molecule has 1 aromatic carbocycles. The summed E-state index contributed by atoms with van der Waals surface area (Å²) in [6, 6.07) is 8.97. The van der Waals surface area contributed by atoms with Gasteiger partial charge in [-0.2, -0.15) is 5.06 Å². The molecule has 0 N–H and O–H groups in total. The second-order valence-electron chi connectivity index (χ2n) is 6.56. The molecule has 1 saturated heterocycles. The van der Waals surface area contributed by atoms with Crippen LogP contribution in [0.3, 0.4) is 0 Å². The van der Waals surface area contributed by atoms with Gasteiger partial charge < -0.3 is 9.53 Å². The Bertz CT molecular complexity index is 523. The number of hydroxylamine groups is 2. The van der Waals surface area contributed by atoms with Crippen molar-refractivity contribution in [3.8, 4) is 0 Å². The van der Waals surface area contributed by atoms with E-state index in [0.717, 1.165) is 11.8 Å². The maximum atomic E-state index is 12.5. The number of hydrogen-bond acceptors (Lipinski definition) is 5. The fourth-order valence-corrected chi connectivity index (χ4v) is 2.52.